The van der Waals surface area contributed by atoms with Crippen LogP contribution < -0.4 is 5.73 Å². The van der Waals surface area contributed by atoms with Crippen LogP contribution in [0.3, 0.4) is 0 Å². The molecule has 0 unspecified atom stereocenters. The summed E-state index contributed by atoms with van der Waals surface area (Å²) in [6.45, 7) is 2.79. The molecule has 156 valence electrons. The second-order valence-corrected chi connectivity index (χ2v) is 7.05. The van der Waals surface area contributed by atoms with Crippen molar-refractivity contribution in [2.24, 2.45) is 5.73 Å². The topological polar surface area (TPSA) is 68.5 Å². The van der Waals surface area contributed by atoms with Gasteiger partial charge in [0, 0.05) is 31.3 Å². The van der Waals surface area contributed by atoms with E-state index in [-0.39, 0.29) is 36.8 Å². The van der Waals surface area contributed by atoms with Crippen molar-refractivity contribution in [2.75, 3.05) is 26.2 Å². The molecule has 1 aromatic heterocycles. The number of pyridine rings is 1. The van der Waals surface area contributed by atoms with Crippen LogP contribution in [0.5, 0.6) is 0 Å². The average Bonchev–Trinajstić information content (AvgIpc) is 2.73. The predicted molar refractivity (Wildman–Crippen MR) is 122 cm³/mol. The minimum absolute atomic E-state index is 0. The zero-order chi connectivity index (χ0) is 18.6. The number of carbonyl (C=O) groups excluding carboxylic acids is 1. The third kappa shape index (κ3) is 4.98. The molecule has 0 radical (unpaired) electrons. The molecule has 0 spiro atoms. The van der Waals surface area contributed by atoms with Crippen LogP contribution in [0.15, 0.2) is 48.7 Å². The number of carbonyl (C=O) groups is 1. The number of benzene rings is 2. The quantitative estimate of drug-likeness (QED) is 0.481. The van der Waals surface area contributed by atoms with E-state index in [2.05, 4.69) is 17.1 Å². The van der Waals surface area contributed by atoms with Gasteiger partial charge in [-0.1, -0.05) is 30.3 Å². The number of likely N-dealkylation sites (tertiary alicyclic amines) is 1. The van der Waals surface area contributed by atoms with E-state index in [1.807, 2.05) is 35.2 Å². The Labute approximate surface area is 183 Å². The minimum atomic E-state index is 0. The first-order valence-corrected chi connectivity index (χ1v) is 9.65. The van der Waals surface area contributed by atoms with Gasteiger partial charge in [0.05, 0.1) is 17.2 Å². The van der Waals surface area contributed by atoms with E-state index in [4.69, 9.17) is 10.5 Å². The Bertz CT molecular complexity index is 959. The molecule has 2 heterocycles. The van der Waals surface area contributed by atoms with Gasteiger partial charge in [-0.3, -0.25) is 9.78 Å². The second kappa shape index (κ2) is 10.7. The number of amides is 1. The first-order chi connectivity index (χ1) is 13.3. The molecule has 0 bridgehead atoms. The standard InChI is InChI=1S/C22H25N3O2.2ClH/c23-10-4-14-27-17-8-12-25(13-9-17)22(26)20-15-16-5-1-2-6-18(16)19-7-3-11-24-21(19)20;;/h1-3,5-7,11,15,17H,4,8-10,12-14,23H2;2*1H. The van der Waals surface area contributed by atoms with Crippen molar-refractivity contribution in [1.29, 1.82) is 0 Å². The number of hydrogen-bond acceptors (Lipinski definition) is 4. The van der Waals surface area contributed by atoms with Gasteiger partial charge in [0.25, 0.3) is 5.91 Å². The highest BCUT2D eigenvalue weighted by molar-refractivity contribution is 6.15. The average molecular weight is 436 g/mol. The summed E-state index contributed by atoms with van der Waals surface area (Å²) in [6.07, 6.45) is 4.61. The lowest BCUT2D eigenvalue weighted by Crippen LogP contribution is -2.41. The maximum atomic E-state index is 13.3. The van der Waals surface area contributed by atoms with Crippen LogP contribution >= 0.6 is 24.8 Å². The van der Waals surface area contributed by atoms with E-state index >= 15 is 0 Å². The Morgan fingerprint density at radius 3 is 2.59 bits per heavy atom. The first-order valence-electron chi connectivity index (χ1n) is 9.65. The third-order valence-electron chi connectivity index (χ3n) is 5.28. The van der Waals surface area contributed by atoms with Crippen LogP contribution in [-0.2, 0) is 4.74 Å². The van der Waals surface area contributed by atoms with Gasteiger partial charge in [0.2, 0.25) is 0 Å². The van der Waals surface area contributed by atoms with Crippen molar-refractivity contribution in [3.05, 3.63) is 54.2 Å². The summed E-state index contributed by atoms with van der Waals surface area (Å²) in [7, 11) is 0. The number of halogens is 2. The van der Waals surface area contributed by atoms with Crippen LogP contribution in [0, 0.1) is 0 Å². The van der Waals surface area contributed by atoms with Gasteiger partial charge in [-0.25, -0.2) is 0 Å². The van der Waals surface area contributed by atoms with Crippen LogP contribution in [-0.4, -0.2) is 48.1 Å². The summed E-state index contributed by atoms with van der Waals surface area (Å²) >= 11 is 0. The predicted octanol–water partition coefficient (Wildman–Crippen LogP) is 4.20. The van der Waals surface area contributed by atoms with Gasteiger partial charge < -0.3 is 15.4 Å². The van der Waals surface area contributed by atoms with Gasteiger partial charge in [-0.15, -0.1) is 24.8 Å². The van der Waals surface area contributed by atoms with E-state index in [0.717, 1.165) is 40.9 Å². The number of piperidine rings is 1. The summed E-state index contributed by atoms with van der Waals surface area (Å²) in [5.74, 6) is 0.0601. The summed E-state index contributed by atoms with van der Waals surface area (Å²) in [4.78, 5) is 19.7. The van der Waals surface area contributed by atoms with Gasteiger partial charge in [0.15, 0.2) is 0 Å². The molecule has 5 nitrogen and oxygen atoms in total. The lowest BCUT2D eigenvalue weighted by Gasteiger charge is -2.32. The van der Waals surface area contributed by atoms with E-state index in [1.54, 1.807) is 6.20 Å². The number of nitrogens with zero attached hydrogens (tertiary/aromatic N) is 2. The number of nitrogens with two attached hydrogens (primary N) is 1. The maximum Gasteiger partial charge on any atom is 0.256 e. The van der Waals surface area contributed by atoms with Crippen LogP contribution in [0.25, 0.3) is 21.7 Å². The molecule has 1 aliphatic rings. The lowest BCUT2D eigenvalue weighted by atomic mass is 9.99. The highest BCUT2D eigenvalue weighted by atomic mass is 35.5. The largest absolute Gasteiger partial charge is 0.378 e. The number of fused-ring (bicyclic) bond motifs is 3. The molecule has 0 aliphatic carbocycles. The molecule has 2 aromatic carbocycles. The van der Waals surface area contributed by atoms with Crippen molar-refractivity contribution < 1.29 is 9.53 Å². The molecule has 1 amide bonds. The molecule has 1 saturated heterocycles. The smallest absolute Gasteiger partial charge is 0.256 e. The molecule has 0 atom stereocenters. The summed E-state index contributed by atoms with van der Waals surface area (Å²) in [5, 5.41) is 3.23. The molecular formula is C22H27Cl2N3O2. The SMILES string of the molecule is Cl.Cl.NCCCOC1CCN(C(=O)c2cc3ccccc3c3cccnc23)CC1. The van der Waals surface area contributed by atoms with Crippen LogP contribution in [0.1, 0.15) is 29.6 Å². The van der Waals surface area contributed by atoms with Gasteiger partial charge in [0.1, 0.15) is 0 Å². The zero-order valence-corrected chi connectivity index (χ0v) is 17.9. The number of ether oxygens (including phenoxy) is 1. The van der Waals surface area contributed by atoms with Crippen molar-refractivity contribution in [3.8, 4) is 0 Å². The monoisotopic (exact) mass is 435 g/mol. The van der Waals surface area contributed by atoms with Gasteiger partial charge in [-0.2, -0.15) is 0 Å². The van der Waals surface area contributed by atoms with Crippen molar-refractivity contribution in [1.82, 2.24) is 9.88 Å². The zero-order valence-electron chi connectivity index (χ0n) is 16.3. The van der Waals surface area contributed by atoms with Gasteiger partial charge in [-0.05, 0) is 48.7 Å². The maximum absolute atomic E-state index is 13.3. The fourth-order valence-corrected chi connectivity index (χ4v) is 3.82. The normalized spacial score (nSPS) is 14.4. The lowest BCUT2D eigenvalue weighted by molar-refractivity contribution is 0.00850. The minimum Gasteiger partial charge on any atom is -0.378 e. The molecule has 1 fully saturated rings. The number of aromatic nitrogens is 1. The Hall–Kier alpha value is -1.92. The summed E-state index contributed by atoms with van der Waals surface area (Å²) in [5.41, 5.74) is 6.98. The third-order valence-corrected chi connectivity index (χ3v) is 5.28. The van der Waals surface area contributed by atoms with E-state index in [9.17, 15) is 4.79 Å². The fourth-order valence-electron chi connectivity index (χ4n) is 3.82. The van der Waals surface area contributed by atoms with Gasteiger partial charge >= 0.3 is 0 Å². The molecule has 29 heavy (non-hydrogen) atoms. The second-order valence-electron chi connectivity index (χ2n) is 7.05. The number of hydrogen-bond donors (Lipinski definition) is 1. The molecule has 7 heteroatoms. The van der Waals surface area contributed by atoms with Crippen LogP contribution in [0.2, 0.25) is 0 Å². The van der Waals surface area contributed by atoms with E-state index in [1.165, 1.54) is 0 Å². The Kier molecular flexibility index (Phi) is 8.65. The Balaban J connectivity index is 0.00000150. The molecular weight excluding hydrogens is 409 g/mol. The van der Waals surface area contributed by atoms with Crippen molar-refractivity contribution in [2.45, 2.75) is 25.4 Å². The van der Waals surface area contributed by atoms with Crippen molar-refractivity contribution >= 4 is 52.4 Å². The molecule has 2 N–H and O–H groups in total. The van der Waals surface area contributed by atoms with Crippen LogP contribution in [0.4, 0.5) is 0 Å². The number of rotatable bonds is 5. The fraction of sp³-hybridized carbons (Fsp3) is 0.364. The summed E-state index contributed by atoms with van der Waals surface area (Å²) in [6, 6.07) is 14.1. The Morgan fingerprint density at radius 1 is 1.10 bits per heavy atom. The Morgan fingerprint density at radius 2 is 1.83 bits per heavy atom. The van der Waals surface area contributed by atoms with Crippen molar-refractivity contribution in [3.63, 3.8) is 0 Å². The first kappa shape index (κ1) is 23.4. The molecule has 0 saturated carbocycles. The molecule has 3 aromatic rings. The van der Waals surface area contributed by atoms with E-state index < -0.39 is 0 Å². The highest BCUT2D eigenvalue weighted by Crippen LogP contribution is 2.28. The molecule has 4 rings (SSSR count). The summed E-state index contributed by atoms with van der Waals surface area (Å²) < 4.78 is 5.85. The highest BCUT2D eigenvalue weighted by Gasteiger charge is 2.25. The molecule has 1 aliphatic heterocycles. The van der Waals surface area contributed by atoms with E-state index in [0.29, 0.717) is 31.8 Å².